The summed E-state index contributed by atoms with van der Waals surface area (Å²) in [4.78, 5) is 8.74. The van der Waals surface area contributed by atoms with Crippen molar-refractivity contribution in [2.24, 2.45) is 10.7 Å². The number of H-pyrrole nitrogens is 1. The molecule has 0 amide bonds. The number of anilines is 1. The molecule has 0 saturated heterocycles. The normalized spacial score (nSPS) is 15.3. The molecule has 0 unspecified atom stereocenters. The van der Waals surface area contributed by atoms with Gasteiger partial charge in [-0.3, -0.25) is 5.10 Å². The number of nitrogens with zero attached hydrogens (tertiary/aromatic N) is 3. The summed E-state index contributed by atoms with van der Waals surface area (Å²) < 4.78 is 0. The average molecular weight is 298 g/mol. The van der Waals surface area contributed by atoms with Gasteiger partial charge in [-0.15, -0.1) is 0 Å². The van der Waals surface area contributed by atoms with Gasteiger partial charge in [0.1, 0.15) is 12.4 Å². The van der Waals surface area contributed by atoms with Gasteiger partial charge in [-0.2, -0.15) is 5.10 Å². The second-order valence-corrected chi connectivity index (χ2v) is 6.02. The molecule has 6 nitrogen and oxygen atoms in total. The van der Waals surface area contributed by atoms with Gasteiger partial charge in [-0.05, 0) is 36.5 Å². The molecule has 3 rings (SSSR count). The van der Waals surface area contributed by atoms with Crippen molar-refractivity contribution in [1.82, 2.24) is 15.2 Å². The molecule has 1 aromatic carbocycles. The monoisotopic (exact) mass is 298 g/mol. The van der Waals surface area contributed by atoms with Gasteiger partial charge in [0.15, 0.2) is 11.8 Å². The Kier molecular flexibility index (Phi) is 4.09. The molecule has 0 bridgehead atoms. The SMILES string of the molecule is CC(C)c1cccc(NC(N)=NCc2nc(C3CC3)n[nH]2)c1. The lowest BCUT2D eigenvalue weighted by Crippen LogP contribution is -2.22. The molecular weight excluding hydrogens is 276 g/mol. The number of aromatic amines is 1. The minimum absolute atomic E-state index is 0.380. The minimum atomic E-state index is 0.380. The zero-order chi connectivity index (χ0) is 15.5. The van der Waals surface area contributed by atoms with E-state index in [1.165, 1.54) is 18.4 Å². The van der Waals surface area contributed by atoms with Crippen LogP contribution in [0.1, 0.15) is 55.7 Å². The van der Waals surface area contributed by atoms with Crippen LogP contribution in [0.15, 0.2) is 29.3 Å². The molecule has 1 heterocycles. The first-order valence-electron chi connectivity index (χ1n) is 7.70. The Bertz CT molecular complexity index is 669. The standard InChI is InChI=1S/C16H22N6/c1-10(2)12-4-3-5-13(8-12)19-16(17)18-9-14-20-15(22-21-14)11-6-7-11/h3-5,8,10-11H,6-7,9H2,1-2H3,(H3,17,18,19)(H,20,21,22). The third-order valence-electron chi connectivity index (χ3n) is 3.72. The molecule has 0 radical (unpaired) electrons. The smallest absolute Gasteiger partial charge is 0.193 e. The molecule has 4 N–H and O–H groups in total. The summed E-state index contributed by atoms with van der Waals surface area (Å²) in [6.07, 6.45) is 2.38. The van der Waals surface area contributed by atoms with Crippen molar-refractivity contribution in [1.29, 1.82) is 0 Å². The van der Waals surface area contributed by atoms with Gasteiger partial charge in [0.2, 0.25) is 0 Å². The van der Waals surface area contributed by atoms with Gasteiger partial charge in [-0.1, -0.05) is 26.0 Å². The zero-order valence-electron chi connectivity index (χ0n) is 13.0. The first-order chi connectivity index (χ1) is 10.6. The maximum absolute atomic E-state index is 5.94. The van der Waals surface area contributed by atoms with E-state index in [1.807, 2.05) is 12.1 Å². The van der Waals surface area contributed by atoms with E-state index in [-0.39, 0.29) is 0 Å². The van der Waals surface area contributed by atoms with Crippen LogP contribution in [0.4, 0.5) is 5.69 Å². The number of benzene rings is 1. The van der Waals surface area contributed by atoms with Crippen molar-refractivity contribution in [2.45, 2.75) is 45.1 Å². The van der Waals surface area contributed by atoms with E-state index < -0.39 is 0 Å². The van der Waals surface area contributed by atoms with E-state index in [2.05, 4.69) is 51.5 Å². The van der Waals surface area contributed by atoms with Crippen molar-refractivity contribution in [3.05, 3.63) is 41.5 Å². The second-order valence-electron chi connectivity index (χ2n) is 6.02. The highest BCUT2D eigenvalue weighted by atomic mass is 15.2. The highest BCUT2D eigenvalue weighted by Gasteiger charge is 2.27. The zero-order valence-corrected chi connectivity index (χ0v) is 13.0. The first kappa shape index (κ1) is 14.6. The summed E-state index contributed by atoms with van der Waals surface area (Å²) in [5.74, 6) is 3.06. The van der Waals surface area contributed by atoms with Crippen LogP contribution in [-0.2, 0) is 6.54 Å². The fourth-order valence-corrected chi connectivity index (χ4v) is 2.23. The van der Waals surface area contributed by atoms with E-state index >= 15 is 0 Å². The van der Waals surface area contributed by atoms with Crippen LogP contribution < -0.4 is 11.1 Å². The quantitative estimate of drug-likeness (QED) is 0.584. The van der Waals surface area contributed by atoms with Crippen molar-refractivity contribution in [3.8, 4) is 0 Å². The fraction of sp³-hybridized carbons (Fsp3) is 0.438. The number of guanidine groups is 1. The molecule has 1 saturated carbocycles. The maximum atomic E-state index is 5.94. The lowest BCUT2D eigenvalue weighted by atomic mass is 10.0. The van der Waals surface area contributed by atoms with Gasteiger partial charge >= 0.3 is 0 Å². The van der Waals surface area contributed by atoms with Crippen molar-refractivity contribution >= 4 is 11.6 Å². The number of hydrogen-bond acceptors (Lipinski definition) is 3. The number of aliphatic imine (C=N–C) groups is 1. The fourth-order valence-electron chi connectivity index (χ4n) is 2.23. The van der Waals surface area contributed by atoms with Crippen molar-refractivity contribution in [2.75, 3.05) is 5.32 Å². The van der Waals surface area contributed by atoms with Gasteiger partial charge in [-0.25, -0.2) is 9.98 Å². The first-order valence-corrected chi connectivity index (χ1v) is 7.70. The Hall–Kier alpha value is -2.37. The van der Waals surface area contributed by atoms with Crippen molar-refractivity contribution < 1.29 is 0 Å². The van der Waals surface area contributed by atoms with E-state index in [4.69, 9.17) is 5.73 Å². The summed E-state index contributed by atoms with van der Waals surface area (Å²) in [5.41, 5.74) is 8.15. The summed E-state index contributed by atoms with van der Waals surface area (Å²) in [5, 5.41) is 10.2. The highest BCUT2D eigenvalue weighted by molar-refractivity contribution is 5.92. The molecule has 1 fully saturated rings. The lowest BCUT2D eigenvalue weighted by molar-refractivity contribution is 0.867. The van der Waals surface area contributed by atoms with Crippen LogP contribution in [-0.4, -0.2) is 21.1 Å². The summed E-state index contributed by atoms with van der Waals surface area (Å²) in [7, 11) is 0. The molecule has 1 aliphatic rings. The van der Waals surface area contributed by atoms with E-state index in [0.29, 0.717) is 24.3 Å². The molecule has 6 heteroatoms. The molecule has 1 aliphatic carbocycles. The average Bonchev–Trinajstić information content (AvgIpc) is 3.24. The molecule has 22 heavy (non-hydrogen) atoms. The molecule has 0 spiro atoms. The van der Waals surface area contributed by atoms with Gasteiger partial charge in [0.25, 0.3) is 0 Å². The van der Waals surface area contributed by atoms with Crippen LogP contribution in [0.2, 0.25) is 0 Å². The van der Waals surface area contributed by atoms with Crippen LogP contribution >= 0.6 is 0 Å². The van der Waals surface area contributed by atoms with Gasteiger partial charge < -0.3 is 11.1 Å². The summed E-state index contributed by atoms with van der Waals surface area (Å²) >= 11 is 0. The summed E-state index contributed by atoms with van der Waals surface area (Å²) in [6, 6.07) is 8.20. The van der Waals surface area contributed by atoms with Gasteiger partial charge in [0, 0.05) is 11.6 Å². The van der Waals surface area contributed by atoms with Crippen LogP contribution in [0, 0.1) is 0 Å². The molecule has 0 aliphatic heterocycles. The Morgan fingerprint density at radius 2 is 2.27 bits per heavy atom. The van der Waals surface area contributed by atoms with Crippen LogP contribution in [0.25, 0.3) is 0 Å². The number of nitrogens with one attached hydrogen (secondary N) is 2. The molecular formula is C16H22N6. The molecule has 1 aromatic heterocycles. The second kappa shape index (κ2) is 6.17. The Balaban J connectivity index is 1.60. The predicted octanol–water partition coefficient (Wildman–Crippen LogP) is 2.73. The Morgan fingerprint density at radius 1 is 1.45 bits per heavy atom. The largest absolute Gasteiger partial charge is 0.370 e. The lowest BCUT2D eigenvalue weighted by Gasteiger charge is -2.09. The summed E-state index contributed by atoms with van der Waals surface area (Å²) in [6.45, 7) is 4.73. The number of nitrogens with two attached hydrogens (primary N) is 1. The number of hydrogen-bond donors (Lipinski definition) is 3. The van der Waals surface area contributed by atoms with E-state index in [0.717, 1.165) is 17.3 Å². The van der Waals surface area contributed by atoms with Gasteiger partial charge in [0.05, 0.1) is 0 Å². The highest BCUT2D eigenvalue weighted by Crippen LogP contribution is 2.37. The molecule has 116 valence electrons. The Labute approximate surface area is 130 Å². The van der Waals surface area contributed by atoms with Crippen molar-refractivity contribution in [3.63, 3.8) is 0 Å². The molecule has 0 atom stereocenters. The predicted molar refractivity (Wildman–Crippen MR) is 87.8 cm³/mol. The van der Waals surface area contributed by atoms with E-state index in [1.54, 1.807) is 0 Å². The van der Waals surface area contributed by atoms with Crippen LogP contribution in [0.5, 0.6) is 0 Å². The third kappa shape index (κ3) is 3.63. The van der Waals surface area contributed by atoms with E-state index in [9.17, 15) is 0 Å². The topological polar surface area (TPSA) is 92.0 Å². The molecule has 2 aromatic rings. The number of rotatable bonds is 5. The van der Waals surface area contributed by atoms with Crippen LogP contribution in [0.3, 0.4) is 0 Å². The number of aromatic nitrogens is 3. The minimum Gasteiger partial charge on any atom is -0.370 e. The third-order valence-corrected chi connectivity index (χ3v) is 3.72. The Morgan fingerprint density at radius 3 is 3.00 bits per heavy atom. The maximum Gasteiger partial charge on any atom is 0.193 e.